The number of aromatic amines is 1. The number of nitrogens with zero attached hydrogens (tertiary/aromatic N) is 5. The number of hydrogen-bond acceptors (Lipinski definition) is 5. The number of pyridine rings is 1. The molecule has 35 heavy (non-hydrogen) atoms. The molecule has 0 aliphatic carbocycles. The van der Waals surface area contributed by atoms with Crippen LogP contribution in [0.3, 0.4) is 0 Å². The Kier molecular flexibility index (Phi) is 6.53. The molecule has 0 bridgehead atoms. The molecule has 1 atom stereocenters. The number of rotatable bonds is 4. The summed E-state index contributed by atoms with van der Waals surface area (Å²) in [4.78, 5) is 36.9. The molecule has 0 spiro atoms. The molecule has 2 aliphatic rings. The van der Waals surface area contributed by atoms with Gasteiger partial charge in [0.25, 0.3) is 5.91 Å². The van der Waals surface area contributed by atoms with Crippen LogP contribution in [0.15, 0.2) is 48.7 Å². The molecular weight excluding hydrogens is 440 g/mol. The molecule has 8 nitrogen and oxygen atoms in total. The van der Waals surface area contributed by atoms with Crippen molar-refractivity contribution in [2.24, 2.45) is 5.92 Å². The summed E-state index contributed by atoms with van der Waals surface area (Å²) in [6.07, 6.45) is 3.35. The molecule has 8 heteroatoms. The van der Waals surface area contributed by atoms with Gasteiger partial charge in [0.15, 0.2) is 0 Å². The van der Waals surface area contributed by atoms with E-state index in [1.807, 2.05) is 23.1 Å². The van der Waals surface area contributed by atoms with Crippen LogP contribution in [0.4, 0.5) is 5.69 Å². The number of H-pyrrole nitrogens is 1. The number of hydrogen-bond donors (Lipinski definition) is 1. The minimum atomic E-state index is -0.155. The molecule has 0 radical (unpaired) electrons. The Morgan fingerprint density at radius 2 is 1.77 bits per heavy atom. The Labute approximate surface area is 205 Å². The van der Waals surface area contributed by atoms with Crippen LogP contribution in [0.5, 0.6) is 0 Å². The van der Waals surface area contributed by atoms with E-state index in [4.69, 9.17) is 0 Å². The lowest BCUT2D eigenvalue weighted by molar-refractivity contribution is -0.137. The lowest BCUT2D eigenvalue weighted by Gasteiger charge is -2.40. The molecule has 2 saturated heterocycles. The summed E-state index contributed by atoms with van der Waals surface area (Å²) in [6.45, 7) is 8.49. The topological polar surface area (TPSA) is 85.4 Å². The molecule has 2 aromatic heterocycles. The number of piperazine rings is 1. The molecule has 2 amide bonds. The maximum atomic E-state index is 13.4. The molecule has 5 rings (SSSR count). The van der Waals surface area contributed by atoms with Crippen molar-refractivity contribution in [1.29, 1.82) is 0 Å². The van der Waals surface area contributed by atoms with Gasteiger partial charge in [0.05, 0.1) is 11.6 Å². The van der Waals surface area contributed by atoms with E-state index in [0.29, 0.717) is 37.6 Å². The van der Waals surface area contributed by atoms with Gasteiger partial charge in [-0.2, -0.15) is 5.10 Å². The van der Waals surface area contributed by atoms with E-state index in [1.54, 1.807) is 17.2 Å². The molecule has 1 N–H and O–H groups in total. The molecule has 1 aromatic carbocycles. The number of nitrogens with one attached hydrogen (secondary N) is 1. The van der Waals surface area contributed by atoms with Crippen molar-refractivity contribution in [3.63, 3.8) is 0 Å². The number of benzene rings is 1. The van der Waals surface area contributed by atoms with Crippen LogP contribution in [0.2, 0.25) is 0 Å². The summed E-state index contributed by atoms with van der Waals surface area (Å²) in [7, 11) is 0. The summed E-state index contributed by atoms with van der Waals surface area (Å²) in [5.74, 6) is -0.100. The second-order valence-corrected chi connectivity index (χ2v) is 9.50. The fourth-order valence-electron chi connectivity index (χ4n) is 5.11. The second kappa shape index (κ2) is 9.90. The van der Waals surface area contributed by atoms with Gasteiger partial charge in [-0.1, -0.05) is 18.2 Å². The van der Waals surface area contributed by atoms with E-state index in [0.717, 1.165) is 31.6 Å². The number of carbonyl (C=O) groups is 2. The minimum Gasteiger partial charge on any atom is -0.368 e. The van der Waals surface area contributed by atoms with Gasteiger partial charge in [0.2, 0.25) is 5.91 Å². The maximum absolute atomic E-state index is 13.4. The van der Waals surface area contributed by atoms with Crippen molar-refractivity contribution in [3.05, 3.63) is 65.5 Å². The van der Waals surface area contributed by atoms with Crippen molar-refractivity contribution in [3.8, 4) is 11.4 Å². The molecule has 3 aromatic rings. The molecule has 2 fully saturated rings. The Bertz CT molecular complexity index is 1200. The average Bonchev–Trinajstić information content (AvgIpc) is 3.41. The monoisotopic (exact) mass is 472 g/mol. The third-order valence-corrected chi connectivity index (χ3v) is 7.30. The van der Waals surface area contributed by atoms with Crippen LogP contribution < -0.4 is 4.90 Å². The van der Waals surface area contributed by atoms with Crippen molar-refractivity contribution < 1.29 is 9.59 Å². The number of carbonyl (C=O) groups excluding carboxylic acids is 2. The predicted octanol–water partition coefficient (Wildman–Crippen LogP) is 3.29. The zero-order chi connectivity index (χ0) is 24.4. The minimum absolute atomic E-state index is 0.114. The van der Waals surface area contributed by atoms with Crippen LogP contribution >= 0.6 is 0 Å². The molecule has 2 aliphatic heterocycles. The maximum Gasteiger partial charge on any atom is 0.271 e. The average molecular weight is 473 g/mol. The summed E-state index contributed by atoms with van der Waals surface area (Å²) in [5.41, 5.74) is 5.64. The van der Waals surface area contributed by atoms with Gasteiger partial charge in [-0.15, -0.1) is 0 Å². The highest BCUT2D eigenvalue weighted by Gasteiger charge is 2.33. The molecule has 0 saturated carbocycles. The molecule has 0 unspecified atom stereocenters. The van der Waals surface area contributed by atoms with Gasteiger partial charge in [-0.3, -0.25) is 19.7 Å². The first-order valence-corrected chi connectivity index (χ1v) is 12.4. The summed E-state index contributed by atoms with van der Waals surface area (Å²) < 4.78 is 0. The van der Waals surface area contributed by atoms with Crippen LogP contribution in [-0.2, 0) is 4.79 Å². The van der Waals surface area contributed by atoms with E-state index in [9.17, 15) is 9.59 Å². The highest BCUT2D eigenvalue weighted by Crippen LogP contribution is 2.26. The zero-order valence-corrected chi connectivity index (χ0v) is 20.4. The number of aromatic nitrogens is 3. The SMILES string of the molecule is Cc1cccc(N2CCN(C(=O)[C@H]3CCCN(C(=O)c4cc(-c5ccccn5)n[nH]4)C3)CC2)c1C. The van der Waals surface area contributed by atoms with Crippen LogP contribution in [0, 0.1) is 19.8 Å². The van der Waals surface area contributed by atoms with E-state index in [1.165, 1.54) is 16.8 Å². The van der Waals surface area contributed by atoms with Gasteiger partial charge in [0.1, 0.15) is 11.4 Å². The largest absolute Gasteiger partial charge is 0.368 e. The Hall–Kier alpha value is -3.68. The third-order valence-electron chi connectivity index (χ3n) is 7.30. The van der Waals surface area contributed by atoms with Gasteiger partial charge < -0.3 is 14.7 Å². The van der Waals surface area contributed by atoms with Gasteiger partial charge >= 0.3 is 0 Å². The Morgan fingerprint density at radius 3 is 2.54 bits per heavy atom. The standard InChI is InChI=1S/C27H32N6O2/c1-19-7-5-10-25(20(19)2)31-13-15-32(16-14-31)26(34)21-8-6-12-33(18-21)27(35)24-17-23(29-30-24)22-9-3-4-11-28-22/h3-5,7,9-11,17,21H,6,8,12-16,18H2,1-2H3,(H,29,30)/t21-/m0/s1. The smallest absolute Gasteiger partial charge is 0.271 e. The summed E-state index contributed by atoms with van der Waals surface area (Å²) in [6, 6.07) is 13.7. The second-order valence-electron chi connectivity index (χ2n) is 9.50. The van der Waals surface area contributed by atoms with E-state index < -0.39 is 0 Å². The first-order chi connectivity index (χ1) is 17.0. The lowest BCUT2D eigenvalue weighted by Crippen LogP contribution is -2.53. The Balaban J connectivity index is 1.19. The number of aryl methyl sites for hydroxylation is 1. The van der Waals surface area contributed by atoms with Gasteiger partial charge in [-0.05, 0) is 62.1 Å². The normalized spacial score (nSPS) is 18.6. The van der Waals surface area contributed by atoms with E-state index in [2.05, 4.69) is 52.1 Å². The fraction of sp³-hybridized carbons (Fsp3) is 0.407. The lowest BCUT2D eigenvalue weighted by atomic mass is 9.95. The zero-order valence-electron chi connectivity index (χ0n) is 20.4. The van der Waals surface area contributed by atoms with Gasteiger partial charge in [-0.25, -0.2) is 0 Å². The first-order valence-electron chi connectivity index (χ1n) is 12.4. The summed E-state index contributed by atoms with van der Waals surface area (Å²) >= 11 is 0. The number of anilines is 1. The van der Waals surface area contributed by atoms with Crippen molar-refractivity contribution in [2.75, 3.05) is 44.2 Å². The first kappa shape index (κ1) is 23.1. The van der Waals surface area contributed by atoms with Crippen molar-refractivity contribution >= 4 is 17.5 Å². The fourth-order valence-corrected chi connectivity index (χ4v) is 5.11. The molecule has 4 heterocycles. The van der Waals surface area contributed by atoms with Crippen LogP contribution in [0.25, 0.3) is 11.4 Å². The number of piperidine rings is 1. The number of amides is 2. The third kappa shape index (κ3) is 4.78. The highest BCUT2D eigenvalue weighted by molar-refractivity contribution is 5.94. The predicted molar refractivity (Wildman–Crippen MR) is 135 cm³/mol. The van der Waals surface area contributed by atoms with E-state index in [-0.39, 0.29) is 17.7 Å². The molecular formula is C27H32N6O2. The summed E-state index contributed by atoms with van der Waals surface area (Å²) in [5, 5.41) is 7.11. The van der Waals surface area contributed by atoms with Gasteiger partial charge in [0, 0.05) is 51.2 Å². The van der Waals surface area contributed by atoms with Crippen LogP contribution in [-0.4, -0.2) is 76.1 Å². The number of likely N-dealkylation sites (tertiary alicyclic amines) is 1. The molecule has 182 valence electrons. The van der Waals surface area contributed by atoms with Crippen LogP contribution in [0.1, 0.15) is 34.5 Å². The van der Waals surface area contributed by atoms with E-state index >= 15 is 0 Å². The highest BCUT2D eigenvalue weighted by atomic mass is 16.2. The quantitative estimate of drug-likeness (QED) is 0.630. The Morgan fingerprint density at radius 1 is 0.943 bits per heavy atom. The van der Waals surface area contributed by atoms with Crippen molar-refractivity contribution in [2.45, 2.75) is 26.7 Å². The van der Waals surface area contributed by atoms with Crippen molar-refractivity contribution in [1.82, 2.24) is 25.0 Å².